The van der Waals surface area contributed by atoms with Crippen molar-refractivity contribution in [3.05, 3.63) is 57.6 Å². The van der Waals surface area contributed by atoms with Gasteiger partial charge in [-0.3, -0.25) is 4.99 Å². The molecule has 0 bridgehead atoms. The first-order chi connectivity index (χ1) is 9.60. The SMILES string of the molecule is CCOc1c(Cl)cc(C=Nc2ccc(C)cc2)cc1Cl. The number of aliphatic imine (C=N–C) groups is 1. The Hall–Kier alpha value is -1.51. The lowest BCUT2D eigenvalue weighted by Crippen LogP contribution is -1.94. The minimum atomic E-state index is 0.490. The summed E-state index contributed by atoms with van der Waals surface area (Å²) in [6, 6.07) is 11.5. The van der Waals surface area contributed by atoms with Crippen molar-refractivity contribution in [3.8, 4) is 5.75 Å². The molecule has 2 rings (SSSR count). The van der Waals surface area contributed by atoms with Gasteiger partial charge in [-0.05, 0) is 43.7 Å². The lowest BCUT2D eigenvalue weighted by Gasteiger charge is -2.08. The van der Waals surface area contributed by atoms with Gasteiger partial charge < -0.3 is 4.74 Å². The fourth-order valence-corrected chi connectivity index (χ4v) is 2.33. The number of benzene rings is 2. The molecule has 0 aromatic heterocycles. The number of aryl methyl sites for hydroxylation is 1. The second-order valence-electron chi connectivity index (χ2n) is 4.34. The Kier molecular flexibility index (Phi) is 5.05. The van der Waals surface area contributed by atoms with Crippen molar-refractivity contribution in [2.75, 3.05) is 6.61 Å². The average molecular weight is 308 g/mol. The molecule has 104 valence electrons. The van der Waals surface area contributed by atoms with Crippen LogP contribution in [0.15, 0.2) is 41.4 Å². The zero-order valence-corrected chi connectivity index (χ0v) is 12.9. The number of ether oxygens (including phenoxy) is 1. The van der Waals surface area contributed by atoms with Crippen molar-refractivity contribution < 1.29 is 4.74 Å². The Labute approximate surface area is 129 Å². The predicted molar refractivity (Wildman–Crippen MR) is 86.1 cm³/mol. The van der Waals surface area contributed by atoms with E-state index in [-0.39, 0.29) is 0 Å². The summed E-state index contributed by atoms with van der Waals surface area (Å²) in [7, 11) is 0. The molecule has 0 radical (unpaired) electrons. The van der Waals surface area contributed by atoms with Gasteiger partial charge in [0.1, 0.15) is 0 Å². The van der Waals surface area contributed by atoms with Crippen LogP contribution in [0.4, 0.5) is 5.69 Å². The molecule has 2 aromatic carbocycles. The standard InChI is InChI=1S/C16H15Cl2NO/c1-3-20-16-14(17)8-12(9-15(16)18)10-19-13-6-4-11(2)5-7-13/h4-10H,3H2,1-2H3. The number of hydrogen-bond donors (Lipinski definition) is 0. The van der Waals surface area contributed by atoms with E-state index >= 15 is 0 Å². The maximum Gasteiger partial charge on any atom is 0.156 e. The summed E-state index contributed by atoms with van der Waals surface area (Å²) in [4.78, 5) is 4.39. The van der Waals surface area contributed by atoms with Gasteiger partial charge in [0.05, 0.1) is 22.3 Å². The maximum absolute atomic E-state index is 6.14. The van der Waals surface area contributed by atoms with Crippen LogP contribution < -0.4 is 4.74 Å². The molecule has 0 unspecified atom stereocenters. The van der Waals surface area contributed by atoms with Crippen molar-refractivity contribution in [1.82, 2.24) is 0 Å². The Morgan fingerprint density at radius 1 is 1.10 bits per heavy atom. The number of halogens is 2. The summed E-state index contributed by atoms with van der Waals surface area (Å²) in [6.07, 6.45) is 1.73. The third-order valence-electron chi connectivity index (χ3n) is 2.71. The molecule has 2 aromatic rings. The molecular formula is C16H15Cl2NO. The van der Waals surface area contributed by atoms with E-state index in [1.165, 1.54) is 5.56 Å². The highest BCUT2D eigenvalue weighted by molar-refractivity contribution is 6.37. The average Bonchev–Trinajstić information content (AvgIpc) is 2.42. The van der Waals surface area contributed by atoms with Crippen LogP contribution in [0.5, 0.6) is 5.75 Å². The molecule has 0 saturated heterocycles. The first-order valence-corrected chi connectivity index (χ1v) is 7.08. The summed E-state index contributed by atoms with van der Waals surface area (Å²) in [5, 5.41) is 0.981. The van der Waals surface area contributed by atoms with Gasteiger partial charge in [-0.2, -0.15) is 0 Å². The molecular weight excluding hydrogens is 293 g/mol. The fourth-order valence-electron chi connectivity index (χ4n) is 1.72. The van der Waals surface area contributed by atoms with E-state index in [4.69, 9.17) is 27.9 Å². The molecule has 20 heavy (non-hydrogen) atoms. The monoisotopic (exact) mass is 307 g/mol. The van der Waals surface area contributed by atoms with Gasteiger partial charge in [0.15, 0.2) is 5.75 Å². The van der Waals surface area contributed by atoms with E-state index in [2.05, 4.69) is 4.99 Å². The summed E-state index contributed by atoms with van der Waals surface area (Å²) >= 11 is 12.3. The molecule has 0 amide bonds. The molecule has 2 nitrogen and oxygen atoms in total. The number of rotatable bonds is 4. The number of nitrogens with zero attached hydrogens (tertiary/aromatic N) is 1. The molecule has 0 aliphatic rings. The summed E-state index contributed by atoms with van der Waals surface area (Å²) in [5.74, 6) is 0.517. The predicted octanol–water partition coefficient (Wildman–Crippen LogP) is 5.45. The number of hydrogen-bond acceptors (Lipinski definition) is 2. The van der Waals surface area contributed by atoms with Gasteiger partial charge in [0.2, 0.25) is 0 Å². The first-order valence-electron chi connectivity index (χ1n) is 6.32. The summed E-state index contributed by atoms with van der Waals surface area (Å²) in [6.45, 7) is 4.45. The molecule has 0 heterocycles. The zero-order chi connectivity index (χ0) is 14.5. The van der Waals surface area contributed by atoms with Gasteiger partial charge in [-0.15, -0.1) is 0 Å². The van der Waals surface area contributed by atoms with Crippen molar-refractivity contribution in [2.24, 2.45) is 4.99 Å². The molecule has 0 N–H and O–H groups in total. The van der Waals surface area contributed by atoms with Gasteiger partial charge in [0, 0.05) is 6.21 Å². The Balaban J connectivity index is 2.23. The normalized spacial score (nSPS) is 11.0. The Morgan fingerprint density at radius 3 is 2.25 bits per heavy atom. The topological polar surface area (TPSA) is 21.6 Å². The fraction of sp³-hybridized carbons (Fsp3) is 0.188. The van der Waals surface area contributed by atoms with Gasteiger partial charge in [0.25, 0.3) is 0 Å². The van der Waals surface area contributed by atoms with Crippen molar-refractivity contribution in [3.63, 3.8) is 0 Å². The first kappa shape index (κ1) is 14.9. The van der Waals surface area contributed by atoms with Crippen molar-refractivity contribution in [2.45, 2.75) is 13.8 Å². The van der Waals surface area contributed by atoms with E-state index in [1.807, 2.05) is 38.1 Å². The molecule has 4 heteroatoms. The lowest BCUT2D eigenvalue weighted by atomic mass is 10.2. The van der Waals surface area contributed by atoms with Crippen LogP contribution >= 0.6 is 23.2 Å². The Morgan fingerprint density at radius 2 is 1.70 bits per heavy atom. The van der Waals surface area contributed by atoms with E-state index < -0.39 is 0 Å². The third kappa shape index (κ3) is 3.75. The van der Waals surface area contributed by atoms with E-state index in [0.717, 1.165) is 11.3 Å². The molecule has 0 aliphatic heterocycles. The van der Waals surface area contributed by atoms with Crippen LogP contribution in [-0.2, 0) is 0 Å². The molecule has 0 spiro atoms. The second-order valence-corrected chi connectivity index (χ2v) is 5.15. The minimum Gasteiger partial charge on any atom is -0.491 e. The van der Waals surface area contributed by atoms with Crippen LogP contribution in [0.2, 0.25) is 10.0 Å². The van der Waals surface area contributed by atoms with Crippen molar-refractivity contribution >= 4 is 35.1 Å². The maximum atomic E-state index is 6.14. The van der Waals surface area contributed by atoms with E-state index in [1.54, 1.807) is 18.3 Å². The smallest absolute Gasteiger partial charge is 0.156 e. The zero-order valence-electron chi connectivity index (χ0n) is 11.4. The quantitative estimate of drug-likeness (QED) is 0.688. The van der Waals surface area contributed by atoms with Crippen molar-refractivity contribution in [1.29, 1.82) is 0 Å². The summed E-state index contributed by atoms with van der Waals surface area (Å²) < 4.78 is 5.39. The van der Waals surface area contributed by atoms with Gasteiger partial charge in [-0.1, -0.05) is 40.9 Å². The lowest BCUT2D eigenvalue weighted by molar-refractivity contribution is 0.340. The largest absolute Gasteiger partial charge is 0.491 e. The van der Waals surface area contributed by atoms with Crippen LogP contribution in [0.1, 0.15) is 18.1 Å². The highest BCUT2D eigenvalue weighted by atomic mass is 35.5. The van der Waals surface area contributed by atoms with Crippen LogP contribution in [-0.4, -0.2) is 12.8 Å². The van der Waals surface area contributed by atoms with Crippen LogP contribution in [0.3, 0.4) is 0 Å². The van der Waals surface area contributed by atoms with E-state index in [9.17, 15) is 0 Å². The Bertz CT molecular complexity index is 598. The third-order valence-corrected chi connectivity index (χ3v) is 3.27. The minimum absolute atomic E-state index is 0.490. The highest BCUT2D eigenvalue weighted by Gasteiger charge is 2.08. The van der Waals surface area contributed by atoms with Crippen LogP contribution in [0.25, 0.3) is 0 Å². The van der Waals surface area contributed by atoms with Gasteiger partial charge >= 0.3 is 0 Å². The summed E-state index contributed by atoms with van der Waals surface area (Å²) in [5.41, 5.74) is 2.93. The molecule has 0 aliphatic carbocycles. The van der Waals surface area contributed by atoms with Gasteiger partial charge in [-0.25, -0.2) is 0 Å². The van der Waals surface area contributed by atoms with Crippen LogP contribution in [0, 0.1) is 6.92 Å². The van der Waals surface area contributed by atoms with E-state index in [0.29, 0.717) is 22.4 Å². The highest BCUT2D eigenvalue weighted by Crippen LogP contribution is 2.33. The second kappa shape index (κ2) is 6.78. The molecule has 0 fully saturated rings. The molecule has 0 saturated carbocycles. The molecule has 0 atom stereocenters.